The molecule has 2 N–H and O–H groups in total. The molecule has 1 aliphatic heterocycles. The van der Waals surface area contributed by atoms with E-state index in [0.29, 0.717) is 6.42 Å². The Kier molecular flexibility index (Phi) is 4.93. The highest BCUT2D eigenvalue weighted by atomic mass is 16.2. The van der Waals surface area contributed by atoms with Gasteiger partial charge in [0.05, 0.1) is 0 Å². The maximum Gasteiger partial charge on any atom is 0.223 e. The van der Waals surface area contributed by atoms with Crippen LogP contribution >= 0.6 is 0 Å². The molecule has 5 heteroatoms. The van der Waals surface area contributed by atoms with E-state index >= 15 is 0 Å². The van der Waals surface area contributed by atoms with Gasteiger partial charge in [0.15, 0.2) is 0 Å². The second-order valence-corrected chi connectivity index (χ2v) is 5.43. The van der Waals surface area contributed by atoms with Crippen molar-refractivity contribution in [3.63, 3.8) is 0 Å². The fourth-order valence-corrected chi connectivity index (χ4v) is 1.77. The Morgan fingerprint density at radius 2 is 1.76 bits per heavy atom. The number of carbonyl (C=O) groups is 2. The first-order chi connectivity index (χ1) is 7.88. The van der Waals surface area contributed by atoms with Gasteiger partial charge >= 0.3 is 0 Å². The summed E-state index contributed by atoms with van der Waals surface area (Å²) in [5, 5.41) is 6.05. The molecule has 1 rings (SSSR count). The first kappa shape index (κ1) is 14.0. The summed E-state index contributed by atoms with van der Waals surface area (Å²) in [5.74, 6) is 0.0246. The maximum atomic E-state index is 11.8. The van der Waals surface area contributed by atoms with Crippen LogP contribution in [0.15, 0.2) is 0 Å². The summed E-state index contributed by atoms with van der Waals surface area (Å²) in [6, 6.07) is 0. The number of piperazine rings is 1. The van der Waals surface area contributed by atoms with E-state index in [0.717, 1.165) is 26.2 Å². The Hall–Kier alpha value is -1.10. The molecule has 0 aromatic carbocycles. The van der Waals surface area contributed by atoms with Crippen molar-refractivity contribution in [2.75, 3.05) is 26.2 Å². The molecule has 1 saturated heterocycles. The molecule has 17 heavy (non-hydrogen) atoms. The molecule has 1 aliphatic rings. The fraction of sp³-hybridized carbons (Fsp3) is 0.833. The van der Waals surface area contributed by atoms with E-state index in [1.165, 1.54) is 0 Å². The minimum atomic E-state index is -0.227. The number of hydrogen-bond acceptors (Lipinski definition) is 3. The number of nitrogens with zero attached hydrogens (tertiary/aromatic N) is 1. The highest BCUT2D eigenvalue weighted by Crippen LogP contribution is 2.03. The van der Waals surface area contributed by atoms with Crippen molar-refractivity contribution in [2.45, 2.75) is 39.2 Å². The molecule has 1 heterocycles. The lowest BCUT2D eigenvalue weighted by atomic mass is 10.1. The smallest absolute Gasteiger partial charge is 0.223 e. The minimum absolute atomic E-state index is 0.0546. The van der Waals surface area contributed by atoms with Gasteiger partial charge in [-0.25, -0.2) is 0 Å². The summed E-state index contributed by atoms with van der Waals surface area (Å²) in [6.45, 7) is 8.99. The van der Waals surface area contributed by atoms with Crippen LogP contribution in [-0.4, -0.2) is 48.4 Å². The number of nitrogens with one attached hydrogen (secondary N) is 2. The molecular formula is C12H23N3O2. The van der Waals surface area contributed by atoms with E-state index < -0.39 is 0 Å². The van der Waals surface area contributed by atoms with Gasteiger partial charge in [-0.3, -0.25) is 9.59 Å². The first-order valence-electron chi connectivity index (χ1n) is 6.18. The first-order valence-corrected chi connectivity index (χ1v) is 6.18. The third-order valence-corrected chi connectivity index (χ3v) is 2.55. The van der Waals surface area contributed by atoms with E-state index in [4.69, 9.17) is 0 Å². The molecule has 98 valence electrons. The topological polar surface area (TPSA) is 61.4 Å². The monoisotopic (exact) mass is 241 g/mol. The average molecular weight is 241 g/mol. The van der Waals surface area contributed by atoms with Crippen molar-refractivity contribution in [1.29, 1.82) is 0 Å². The molecular weight excluding hydrogens is 218 g/mol. The Balaban J connectivity index is 2.25. The molecule has 0 aromatic rings. The summed E-state index contributed by atoms with van der Waals surface area (Å²) in [6.07, 6.45) is 0.585. The number of carbonyl (C=O) groups excluding carboxylic acids is 2. The van der Waals surface area contributed by atoms with Crippen LogP contribution in [0.25, 0.3) is 0 Å². The van der Waals surface area contributed by atoms with Crippen molar-refractivity contribution in [2.24, 2.45) is 0 Å². The van der Waals surface area contributed by atoms with Crippen molar-refractivity contribution in [3.8, 4) is 0 Å². The zero-order valence-electron chi connectivity index (χ0n) is 11.0. The highest BCUT2D eigenvalue weighted by molar-refractivity contribution is 5.84. The van der Waals surface area contributed by atoms with E-state index in [1.807, 2.05) is 25.7 Å². The van der Waals surface area contributed by atoms with Gasteiger partial charge in [-0.1, -0.05) is 0 Å². The zero-order chi connectivity index (χ0) is 12.9. The van der Waals surface area contributed by atoms with E-state index in [9.17, 15) is 9.59 Å². The quantitative estimate of drug-likeness (QED) is 0.737. The van der Waals surface area contributed by atoms with E-state index in [-0.39, 0.29) is 23.8 Å². The van der Waals surface area contributed by atoms with Crippen LogP contribution in [0.2, 0.25) is 0 Å². The maximum absolute atomic E-state index is 11.8. The molecule has 0 aliphatic carbocycles. The second-order valence-electron chi connectivity index (χ2n) is 5.43. The van der Waals surface area contributed by atoms with Crippen LogP contribution in [0.5, 0.6) is 0 Å². The van der Waals surface area contributed by atoms with Gasteiger partial charge in [-0.2, -0.15) is 0 Å². The predicted octanol–water partition coefficient (Wildman–Crippen LogP) is 0.113. The molecule has 2 amide bonds. The van der Waals surface area contributed by atoms with Crippen molar-refractivity contribution >= 4 is 11.8 Å². The zero-order valence-corrected chi connectivity index (χ0v) is 11.0. The molecule has 5 nitrogen and oxygen atoms in total. The summed E-state index contributed by atoms with van der Waals surface area (Å²) < 4.78 is 0. The fourth-order valence-electron chi connectivity index (χ4n) is 1.77. The molecule has 0 radical (unpaired) electrons. The van der Waals surface area contributed by atoms with Crippen LogP contribution in [-0.2, 0) is 9.59 Å². The number of amides is 2. The van der Waals surface area contributed by atoms with Gasteiger partial charge in [-0.15, -0.1) is 0 Å². The highest BCUT2D eigenvalue weighted by Gasteiger charge is 2.18. The van der Waals surface area contributed by atoms with Crippen LogP contribution < -0.4 is 10.6 Å². The lowest BCUT2D eigenvalue weighted by Gasteiger charge is -2.27. The Morgan fingerprint density at radius 1 is 1.18 bits per heavy atom. The van der Waals surface area contributed by atoms with Gasteiger partial charge in [0.25, 0.3) is 0 Å². The van der Waals surface area contributed by atoms with E-state index in [1.54, 1.807) is 0 Å². The second kappa shape index (κ2) is 6.00. The minimum Gasteiger partial charge on any atom is -0.351 e. The van der Waals surface area contributed by atoms with Gasteiger partial charge in [0.2, 0.25) is 11.8 Å². The predicted molar refractivity (Wildman–Crippen MR) is 66.6 cm³/mol. The molecule has 0 aromatic heterocycles. The molecule has 1 fully saturated rings. The van der Waals surface area contributed by atoms with Gasteiger partial charge < -0.3 is 15.5 Å². The Labute approximate surface area is 103 Å². The number of hydrogen-bond donors (Lipinski definition) is 2. The largest absolute Gasteiger partial charge is 0.351 e. The SMILES string of the molecule is CC(C)(C)NC(=O)CCC(=O)N1CCNCC1. The Bertz CT molecular complexity index is 278. The van der Waals surface area contributed by atoms with E-state index in [2.05, 4.69) is 10.6 Å². The Morgan fingerprint density at radius 3 is 2.29 bits per heavy atom. The van der Waals surface area contributed by atoms with Crippen LogP contribution in [0.4, 0.5) is 0 Å². The van der Waals surface area contributed by atoms with Crippen molar-refractivity contribution < 1.29 is 9.59 Å². The molecule has 0 bridgehead atoms. The normalized spacial score (nSPS) is 16.8. The number of rotatable bonds is 3. The average Bonchev–Trinajstić information content (AvgIpc) is 2.25. The molecule has 0 atom stereocenters. The summed E-state index contributed by atoms with van der Waals surface area (Å²) >= 11 is 0. The van der Waals surface area contributed by atoms with Crippen LogP contribution in [0, 0.1) is 0 Å². The molecule has 0 saturated carbocycles. The molecule has 0 unspecified atom stereocenters. The van der Waals surface area contributed by atoms with Gasteiger partial charge in [0, 0.05) is 44.6 Å². The van der Waals surface area contributed by atoms with Crippen molar-refractivity contribution in [3.05, 3.63) is 0 Å². The summed E-state index contributed by atoms with van der Waals surface area (Å²) in [4.78, 5) is 25.2. The van der Waals surface area contributed by atoms with Crippen LogP contribution in [0.1, 0.15) is 33.6 Å². The van der Waals surface area contributed by atoms with Crippen LogP contribution in [0.3, 0.4) is 0 Å². The third-order valence-electron chi connectivity index (χ3n) is 2.55. The summed E-state index contributed by atoms with van der Waals surface area (Å²) in [5.41, 5.74) is -0.227. The lowest BCUT2D eigenvalue weighted by molar-refractivity contribution is -0.134. The molecule has 0 spiro atoms. The summed E-state index contributed by atoms with van der Waals surface area (Å²) in [7, 11) is 0. The van der Waals surface area contributed by atoms with Gasteiger partial charge in [-0.05, 0) is 20.8 Å². The standard InChI is InChI=1S/C12H23N3O2/c1-12(2,3)14-10(16)4-5-11(17)15-8-6-13-7-9-15/h13H,4-9H2,1-3H3,(H,14,16). The lowest BCUT2D eigenvalue weighted by Crippen LogP contribution is -2.47. The van der Waals surface area contributed by atoms with Gasteiger partial charge in [0.1, 0.15) is 0 Å². The third kappa shape index (κ3) is 5.68. The van der Waals surface area contributed by atoms with Crippen molar-refractivity contribution in [1.82, 2.24) is 15.5 Å².